The molecule has 0 radical (unpaired) electrons. The first-order chi connectivity index (χ1) is 5.43. The predicted molar refractivity (Wildman–Crippen MR) is 44.7 cm³/mol. The predicted octanol–water partition coefficient (Wildman–Crippen LogP) is 0.924. The van der Waals surface area contributed by atoms with Gasteiger partial charge >= 0.3 is 0 Å². The Hall–Kier alpha value is -0.540. The molecule has 3 nitrogen and oxygen atoms in total. The molecule has 64 valence electrons. The van der Waals surface area contributed by atoms with E-state index in [2.05, 4.69) is 11.6 Å². The van der Waals surface area contributed by atoms with Gasteiger partial charge in [0.2, 0.25) is 0 Å². The van der Waals surface area contributed by atoms with E-state index in [0.29, 0.717) is 13.2 Å². The Balaban J connectivity index is 2.09. The van der Waals surface area contributed by atoms with Crippen LogP contribution in [0.5, 0.6) is 0 Å². The summed E-state index contributed by atoms with van der Waals surface area (Å²) >= 11 is 0. The van der Waals surface area contributed by atoms with Gasteiger partial charge in [0.25, 0.3) is 0 Å². The first kappa shape index (κ1) is 8.56. The van der Waals surface area contributed by atoms with Crippen molar-refractivity contribution in [2.45, 2.75) is 25.7 Å². The van der Waals surface area contributed by atoms with Gasteiger partial charge in [0, 0.05) is 12.2 Å². The minimum absolute atomic E-state index is 0.570. The fraction of sp³-hybridized carbons (Fsp3) is 0.750. The van der Waals surface area contributed by atoms with Crippen molar-refractivity contribution in [2.24, 2.45) is 5.73 Å². The average molecular weight is 156 g/mol. The van der Waals surface area contributed by atoms with E-state index in [1.54, 1.807) is 0 Å². The monoisotopic (exact) mass is 156 g/mol. The van der Waals surface area contributed by atoms with Gasteiger partial charge in [0.05, 0.1) is 6.61 Å². The average Bonchev–Trinajstić information content (AvgIpc) is 2.07. The molecule has 0 aromatic carbocycles. The van der Waals surface area contributed by atoms with Gasteiger partial charge in [-0.3, -0.25) is 10.3 Å². The van der Waals surface area contributed by atoms with Gasteiger partial charge in [-0.1, -0.05) is 6.08 Å². The van der Waals surface area contributed by atoms with Gasteiger partial charge in [0.1, 0.15) is 0 Å². The summed E-state index contributed by atoms with van der Waals surface area (Å²) in [6.45, 7) is 1.15. The van der Waals surface area contributed by atoms with Crippen LogP contribution in [0.2, 0.25) is 0 Å². The highest BCUT2D eigenvalue weighted by Gasteiger charge is 2.01. The minimum Gasteiger partial charge on any atom is -0.328 e. The van der Waals surface area contributed by atoms with Crippen LogP contribution in [0, 0.1) is 0 Å². The Kier molecular flexibility index (Phi) is 4.01. The van der Waals surface area contributed by atoms with E-state index in [-0.39, 0.29) is 0 Å². The minimum atomic E-state index is 0.570. The smallest absolute Gasteiger partial charge is 0.0868 e. The fourth-order valence-corrected chi connectivity index (χ4v) is 1.13. The first-order valence-corrected chi connectivity index (χ1v) is 4.20. The number of nitrogens with one attached hydrogen (secondary N) is 1. The Morgan fingerprint density at radius 2 is 2.45 bits per heavy atom. The van der Waals surface area contributed by atoms with Crippen LogP contribution >= 0.6 is 0 Å². The van der Waals surface area contributed by atoms with E-state index >= 15 is 0 Å². The van der Waals surface area contributed by atoms with E-state index in [4.69, 9.17) is 10.6 Å². The summed E-state index contributed by atoms with van der Waals surface area (Å²) in [5.41, 5.74) is 9.38. The number of rotatable bonds is 4. The van der Waals surface area contributed by atoms with E-state index in [1.165, 1.54) is 25.0 Å². The van der Waals surface area contributed by atoms with Crippen LogP contribution in [-0.2, 0) is 4.84 Å². The lowest BCUT2D eigenvalue weighted by molar-refractivity contribution is 0.0653. The summed E-state index contributed by atoms with van der Waals surface area (Å²) in [4.78, 5) is 5.08. The summed E-state index contributed by atoms with van der Waals surface area (Å²) < 4.78 is 0. The van der Waals surface area contributed by atoms with Gasteiger partial charge in [-0.25, -0.2) is 0 Å². The van der Waals surface area contributed by atoms with Crippen LogP contribution in [-0.4, -0.2) is 13.2 Å². The number of hydroxylamine groups is 1. The van der Waals surface area contributed by atoms with Crippen LogP contribution in [0.1, 0.15) is 25.7 Å². The van der Waals surface area contributed by atoms with E-state index < -0.39 is 0 Å². The molecule has 1 rings (SSSR count). The first-order valence-electron chi connectivity index (χ1n) is 4.20. The van der Waals surface area contributed by atoms with Crippen molar-refractivity contribution in [1.82, 2.24) is 5.48 Å². The van der Waals surface area contributed by atoms with Gasteiger partial charge in [-0.05, 0) is 25.7 Å². The lowest BCUT2D eigenvalue weighted by atomic mass is 10.1. The quantitative estimate of drug-likeness (QED) is 0.470. The molecule has 0 spiro atoms. The second-order valence-electron chi connectivity index (χ2n) is 2.71. The lowest BCUT2D eigenvalue weighted by Gasteiger charge is -2.13. The van der Waals surface area contributed by atoms with Gasteiger partial charge in [0.15, 0.2) is 0 Å². The molecule has 0 fully saturated rings. The van der Waals surface area contributed by atoms with Crippen LogP contribution in [0.25, 0.3) is 0 Å². The summed E-state index contributed by atoms with van der Waals surface area (Å²) in [7, 11) is 0. The Morgan fingerprint density at radius 3 is 3.09 bits per heavy atom. The topological polar surface area (TPSA) is 47.3 Å². The molecule has 0 heterocycles. The van der Waals surface area contributed by atoms with Gasteiger partial charge in [-0.15, -0.1) is 0 Å². The number of nitrogens with two attached hydrogens (primary N) is 1. The molecule has 0 amide bonds. The molecule has 3 heteroatoms. The molecule has 0 aromatic rings. The third kappa shape index (κ3) is 3.39. The second kappa shape index (κ2) is 5.16. The highest BCUT2D eigenvalue weighted by Crippen LogP contribution is 2.14. The summed E-state index contributed by atoms with van der Waals surface area (Å²) in [6.07, 6.45) is 7.06. The highest BCUT2D eigenvalue weighted by molar-refractivity contribution is 5.00. The maximum atomic E-state index is 5.26. The standard InChI is InChI=1S/C8H16N2O/c9-6-7-11-10-8-4-2-1-3-5-8/h4,10H,1-3,5-7,9H2. The molecule has 0 atom stereocenters. The molecule has 0 aliphatic heterocycles. The molecule has 0 bridgehead atoms. The van der Waals surface area contributed by atoms with Gasteiger partial charge in [-0.2, -0.15) is 0 Å². The molecule has 0 saturated carbocycles. The van der Waals surface area contributed by atoms with E-state index in [0.717, 1.165) is 6.42 Å². The maximum Gasteiger partial charge on any atom is 0.0868 e. The molecule has 1 aliphatic carbocycles. The third-order valence-electron chi connectivity index (χ3n) is 1.71. The van der Waals surface area contributed by atoms with Crippen molar-refractivity contribution in [3.05, 3.63) is 11.8 Å². The molecular weight excluding hydrogens is 140 g/mol. The van der Waals surface area contributed by atoms with Crippen molar-refractivity contribution in [1.29, 1.82) is 0 Å². The van der Waals surface area contributed by atoms with Crippen molar-refractivity contribution >= 4 is 0 Å². The molecular formula is C8H16N2O. The van der Waals surface area contributed by atoms with E-state index in [1.807, 2.05) is 0 Å². The molecule has 11 heavy (non-hydrogen) atoms. The largest absolute Gasteiger partial charge is 0.328 e. The molecule has 0 unspecified atom stereocenters. The molecule has 3 N–H and O–H groups in total. The van der Waals surface area contributed by atoms with Crippen molar-refractivity contribution in [3.63, 3.8) is 0 Å². The zero-order chi connectivity index (χ0) is 7.94. The third-order valence-corrected chi connectivity index (χ3v) is 1.71. The normalized spacial score (nSPS) is 17.7. The Morgan fingerprint density at radius 1 is 1.55 bits per heavy atom. The SMILES string of the molecule is NCCONC1=CCCCC1. The number of hydrogen-bond donors (Lipinski definition) is 2. The van der Waals surface area contributed by atoms with Crippen LogP contribution in [0.4, 0.5) is 0 Å². The Bertz CT molecular complexity index is 134. The zero-order valence-electron chi connectivity index (χ0n) is 6.81. The second-order valence-corrected chi connectivity index (χ2v) is 2.71. The Labute approximate surface area is 67.6 Å². The zero-order valence-corrected chi connectivity index (χ0v) is 6.81. The fourth-order valence-electron chi connectivity index (χ4n) is 1.13. The number of hydrogen-bond acceptors (Lipinski definition) is 3. The van der Waals surface area contributed by atoms with Crippen molar-refractivity contribution in [3.8, 4) is 0 Å². The summed E-state index contributed by atoms with van der Waals surface area (Å²) in [5, 5.41) is 0. The highest BCUT2D eigenvalue weighted by atomic mass is 16.6. The van der Waals surface area contributed by atoms with E-state index in [9.17, 15) is 0 Å². The van der Waals surface area contributed by atoms with Crippen LogP contribution in [0.15, 0.2) is 11.8 Å². The van der Waals surface area contributed by atoms with Crippen molar-refractivity contribution < 1.29 is 4.84 Å². The summed E-state index contributed by atoms with van der Waals surface area (Å²) in [5.74, 6) is 0. The molecule has 1 aliphatic rings. The maximum absolute atomic E-state index is 5.26. The van der Waals surface area contributed by atoms with Crippen LogP contribution < -0.4 is 11.2 Å². The summed E-state index contributed by atoms with van der Waals surface area (Å²) in [6, 6.07) is 0. The van der Waals surface area contributed by atoms with Crippen LogP contribution in [0.3, 0.4) is 0 Å². The number of allylic oxidation sites excluding steroid dienone is 2. The van der Waals surface area contributed by atoms with Crippen molar-refractivity contribution in [2.75, 3.05) is 13.2 Å². The molecule has 0 saturated heterocycles. The lowest BCUT2D eigenvalue weighted by Crippen LogP contribution is -2.20. The molecule has 0 aromatic heterocycles. The van der Waals surface area contributed by atoms with Gasteiger partial charge < -0.3 is 5.73 Å².